The van der Waals surface area contributed by atoms with E-state index in [4.69, 9.17) is 9.26 Å². The minimum atomic E-state index is -0.146. The fourth-order valence-electron chi connectivity index (χ4n) is 2.29. The maximum absolute atomic E-state index is 9.74. The van der Waals surface area contributed by atoms with Crippen molar-refractivity contribution in [3.63, 3.8) is 0 Å². The van der Waals surface area contributed by atoms with E-state index in [1.807, 2.05) is 48.5 Å². The SMILES string of the molecule is COc1ccc(-c2onc(-c3cccc(Br)c3)c2CO)cc1. The molecule has 0 spiro atoms. The van der Waals surface area contributed by atoms with Crippen LogP contribution in [0.4, 0.5) is 0 Å². The van der Waals surface area contributed by atoms with Gasteiger partial charge in [-0.15, -0.1) is 0 Å². The molecule has 3 aromatic rings. The minimum Gasteiger partial charge on any atom is -0.497 e. The van der Waals surface area contributed by atoms with Crippen molar-refractivity contribution in [3.8, 4) is 28.3 Å². The van der Waals surface area contributed by atoms with Crippen LogP contribution in [0.15, 0.2) is 57.5 Å². The van der Waals surface area contributed by atoms with E-state index in [0.717, 1.165) is 21.3 Å². The summed E-state index contributed by atoms with van der Waals surface area (Å²) in [6.07, 6.45) is 0. The number of halogens is 1. The first kappa shape index (κ1) is 14.8. The highest BCUT2D eigenvalue weighted by Crippen LogP contribution is 2.33. The third-order valence-corrected chi connectivity index (χ3v) is 3.89. The van der Waals surface area contributed by atoms with Gasteiger partial charge in [0.25, 0.3) is 0 Å². The first-order valence-corrected chi connectivity index (χ1v) is 7.52. The van der Waals surface area contributed by atoms with Gasteiger partial charge in [-0.3, -0.25) is 0 Å². The Morgan fingerprint density at radius 2 is 1.91 bits per heavy atom. The summed E-state index contributed by atoms with van der Waals surface area (Å²) in [5.41, 5.74) is 3.05. The fourth-order valence-corrected chi connectivity index (χ4v) is 2.69. The summed E-state index contributed by atoms with van der Waals surface area (Å²) in [5.74, 6) is 1.33. The minimum absolute atomic E-state index is 0.146. The number of hydrogen-bond donors (Lipinski definition) is 1. The predicted octanol–water partition coefficient (Wildman–Crippen LogP) is 4.27. The summed E-state index contributed by atoms with van der Waals surface area (Å²) in [7, 11) is 1.62. The lowest BCUT2D eigenvalue weighted by Crippen LogP contribution is -1.89. The van der Waals surface area contributed by atoms with Crippen molar-refractivity contribution in [2.45, 2.75) is 6.61 Å². The number of aliphatic hydroxyl groups excluding tert-OH is 1. The van der Waals surface area contributed by atoms with Crippen LogP contribution in [0.25, 0.3) is 22.6 Å². The molecule has 0 aliphatic rings. The van der Waals surface area contributed by atoms with E-state index in [1.165, 1.54) is 0 Å². The molecule has 0 unspecified atom stereocenters. The molecule has 4 nitrogen and oxygen atoms in total. The number of aliphatic hydroxyl groups is 1. The summed E-state index contributed by atoms with van der Waals surface area (Å²) in [4.78, 5) is 0. The van der Waals surface area contributed by atoms with E-state index in [-0.39, 0.29) is 6.61 Å². The van der Waals surface area contributed by atoms with Crippen molar-refractivity contribution in [1.82, 2.24) is 5.16 Å². The van der Waals surface area contributed by atoms with Crippen LogP contribution in [0, 0.1) is 0 Å². The second-order valence-electron chi connectivity index (χ2n) is 4.74. The van der Waals surface area contributed by atoms with Gasteiger partial charge in [-0.2, -0.15) is 0 Å². The molecular formula is C17H14BrNO3. The lowest BCUT2D eigenvalue weighted by molar-refractivity contribution is 0.281. The molecular weight excluding hydrogens is 346 g/mol. The van der Waals surface area contributed by atoms with Crippen LogP contribution >= 0.6 is 15.9 Å². The Hall–Kier alpha value is -2.11. The van der Waals surface area contributed by atoms with Crippen LogP contribution in [-0.2, 0) is 6.61 Å². The molecule has 0 radical (unpaired) electrons. The van der Waals surface area contributed by atoms with Gasteiger partial charge in [0.05, 0.1) is 19.3 Å². The second kappa shape index (κ2) is 6.34. The van der Waals surface area contributed by atoms with Gasteiger partial charge in [-0.1, -0.05) is 33.2 Å². The standard InChI is InChI=1S/C17H14BrNO3/c1-21-14-7-5-11(6-8-14)17-15(10-20)16(19-22-17)12-3-2-4-13(18)9-12/h2-9,20H,10H2,1H3. The molecule has 0 fully saturated rings. The van der Waals surface area contributed by atoms with Crippen LogP contribution < -0.4 is 4.74 Å². The fraction of sp³-hybridized carbons (Fsp3) is 0.118. The number of rotatable bonds is 4. The molecule has 3 rings (SSSR count). The van der Waals surface area contributed by atoms with Crippen molar-refractivity contribution in [3.05, 3.63) is 58.6 Å². The molecule has 22 heavy (non-hydrogen) atoms. The molecule has 2 aromatic carbocycles. The van der Waals surface area contributed by atoms with Crippen LogP contribution in [-0.4, -0.2) is 17.4 Å². The molecule has 0 amide bonds. The highest BCUT2D eigenvalue weighted by Gasteiger charge is 2.18. The normalized spacial score (nSPS) is 10.7. The molecule has 1 heterocycles. The lowest BCUT2D eigenvalue weighted by atomic mass is 10.0. The van der Waals surface area contributed by atoms with Crippen molar-refractivity contribution in [2.75, 3.05) is 7.11 Å². The topological polar surface area (TPSA) is 55.5 Å². The monoisotopic (exact) mass is 359 g/mol. The maximum atomic E-state index is 9.74. The Labute approximate surface area is 136 Å². The van der Waals surface area contributed by atoms with E-state index in [2.05, 4.69) is 21.1 Å². The number of methoxy groups -OCH3 is 1. The maximum Gasteiger partial charge on any atom is 0.173 e. The predicted molar refractivity (Wildman–Crippen MR) is 87.5 cm³/mol. The highest BCUT2D eigenvalue weighted by atomic mass is 79.9. The van der Waals surface area contributed by atoms with Gasteiger partial charge in [-0.25, -0.2) is 0 Å². The molecule has 0 saturated heterocycles. The van der Waals surface area contributed by atoms with Crippen molar-refractivity contribution in [1.29, 1.82) is 0 Å². The first-order chi connectivity index (χ1) is 10.7. The van der Waals surface area contributed by atoms with E-state index in [0.29, 0.717) is 17.0 Å². The van der Waals surface area contributed by atoms with Gasteiger partial charge in [-0.05, 0) is 36.4 Å². The van der Waals surface area contributed by atoms with Crippen molar-refractivity contribution in [2.24, 2.45) is 0 Å². The Balaban J connectivity index is 2.06. The first-order valence-electron chi connectivity index (χ1n) is 6.72. The van der Waals surface area contributed by atoms with E-state index in [9.17, 15) is 5.11 Å². The highest BCUT2D eigenvalue weighted by molar-refractivity contribution is 9.10. The van der Waals surface area contributed by atoms with Gasteiger partial charge >= 0.3 is 0 Å². The second-order valence-corrected chi connectivity index (χ2v) is 5.65. The van der Waals surface area contributed by atoms with Crippen LogP contribution in [0.5, 0.6) is 5.75 Å². The van der Waals surface area contributed by atoms with E-state index in [1.54, 1.807) is 7.11 Å². The molecule has 0 bridgehead atoms. The molecule has 0 saturated carbocycles. The molecule has 1 aromatic heterocycles. The van der Waals surface area contributed by atoms with Crippen LogP contribution in [0.2, 0.25) is 0 Å². The molecule has 0 aliphatic heterocycles. The van der Waals surface area contributed by atoms with Gasteiger partial charge in [0.2, 0.25) is 0 Å². The average Bonchev–Trinajstić information content (AvgIpc) is 2.99. The molecule has 112 valence electrons. The average molecular weight is 360 g/mol. The number of benzene rings is 2. The smallest absolute Gasteiger partial charge is 0.173 e. The molecule has 1 N–H and O–H groups in total. The van der Waals surface area contributed by atoms with Crippen molar-refractivity contribution >= 4 is 15.9 Å². The Morgan fingerprint density at radius 3 is 2.55 bits per heavy atom. The van der Waals surface area contributed by atoms with E-state index < -0.39 is 0 Å². The third-order valence-electron chi connectivity index (χ3n) is 3.40. The zero-order valence-corrected chi connectivity index (χ0v) is 13.5. The number of aromatic nitrogens is 1. The van der Waals surface area contributed by atoms with Crippen LogP contribution in [0.3, 0.4) is 0 Å². The van der Waals surface area contributed by atoms with Gasteiger partial charge < -0.3 is 14.4 Å². The Morgan fingerprint density at radius 1 is 1.14 bits per heavy atom. The van der Waals surface area contributed by atoms with Gasteiger partial charge in [0.15, 0.2) is 5.76 Å². The quantitative estimate of drug-likeness (QED) is 0.755. The summed E-state index contributed by atoms with van der Waals surface area (Å²) in [6.45, 7) is -0.146. The number of hydrogen-bond acceptors (Lipinski definition) is 4. The Kier molecular flexibility index (Phi) is 4.27. The third kappa shape index (κ3) is 2.77. The van der Waals surface area contributed by atoms with Gasteiger partial charge in [0, 0.05) is 15.6 Å². The summed E-state index contributed by atoms with van der Waals surface area (Å²) >= 11 is 3.44. The van der Waals surface area contributed by atoms with Crippen molar-refractivity contribution < 1.29 is 14.4 Å². The molecule has 0 aliphatic carbocycles. The summed E-state index contributed by atoms with van der Waals surface area (Å²) < 4.78 is 11.6. The summed E-state index contributed by atoms with van der Waals surface area (Å²) in [6, 6.07) is 15.2. The Bertz CT molecular complexity index is 781. The summed E-state index contributed by atoms with van der Waals surface area (Å²) in [5, 5.41) is 13.9. The van der Waals surface area contributed by atoms with Crippen LogP contribution in [0.1, 0.15) is 5.56 Å². The zero-order chi connectivity index (χ0) is 15.5. The van der Waals surface area contributed by atoms with Gasteiger partial charge in [0.1, 0.15) is 11.4 Å². The number of ether oxygens (including phenoxy) is 1. The zero-order valence-electron chi connectivity index (χ0n) is 11.9. The number of nitrogens with zero attached hydrogens (tertiary/aromatic N) is 1. The molecule has 5 heteroatoms. The largest absolute Gasteiger partial charge is 0.497 e. The molecule has 0 atom stereocenters. The lowest BCUT2D eigenvalue weighted by Gasteiger charge is -2.03. The van der Waals surface area contributed by atoms with E-state index >= 15 is 0 Å².